The Morgan fingerprint density at radius 3 is 1.33 bits per heavy atom. The van der Waals surface area contributed by atoms with Gasteiger partial charge in [0.15, 0.2) is 17.1 Å². The minimum Gasteiger partial charge on any atom is -0.469 e. The molecule has 0 aliphatic heterocycles. The van der Waals surface area contributed by atoms with Crippen molar-refractivity contribution in [3.05, 3.63) is 107 Å². The summed E-state index contributed by atoms with van der Waals surface area (Å²) < 4.78 is 40.2. The molecule has 0 atom stereocenters. The summed E-state index contributed by atoms with van der Waals surface area (Å²) in [4.78, 5) is 49.0. The van der Waals surface area contributed by atoms with Gasteiger partial charge in [0.05, 0.1) is 59.6 Å². The molecule has 2 saturated carbocycles. The van der Waals surface area contributed by atoms with Crippen molar-refractivity contribution in [2.24, 2.45) is 11.8 Å². The van der Waals surface area contributed by atoms with E-state index in [4.69, 9.17) is 58.6 Å². The molecule has 0 radical (unpaired) electrons. The molecule has 0 unspecified atom stereocenters. The highest BCUT2D eigenvalue weighted by atomic mass is 79.9. The van der Waals surface area contributed by atoms with E-state index in [1.54, 1.807) is 0 Å². The zero-order valence-electron chi connectivity index (χ0n) is 57.7. The number of para-hydroxylation sites is 2. The molecule has 2 aliphatic rings. The van der Waals surface area contributed by atoms with Crippen LogP contribution in [-0.4, -0.2) is 151 Å². The molecular formula is C70H101BrN10O8Si4. The number of anilines is 2. The fraction of sp³-hybridized carbons (Fsp3) is 0.543. The number of pyridine rings is 2. The fourth-order valence-corrected chi connectivity index (χ4v) is 15.7. The third-order valence-electron chi connectivity index (χ3n) is 17.8. The van der Waals surface area contributed by atoms with E-state index in [1.807, 2.05) is 70.2 Å². The van der Waals surface area contributed by atoms with Crippen LogP contribution in [0.3, 0.4) is 0 Å². The molecule has 0 N–H and O–H groups in total. The standard InChI is InChI=1S/C35H50BrN5O4Si2.C35H51N5O4Si2/c1-43-35(42)26-14-12-25(13-15-26)32-31(36)34(40(23-44-16-18-46(2,3)4)24-45-17-19-47(5,6)7)41-33(39-32)29(22-38-41)28-20-27-10-8-9-11-30(27)37-21-28;1-42-35(41)27-14-12-26(13-15-27)32-21-33(39(24-43-16-18-45(2,3)4)25-44-17-19-46(5,6)7)40-34(38-32)30(23-37-40)29-20-28-10-8-9-11-31(28)36-22-29/h8-11,20-22,25-26H,12-19,23-24H2,1-7H3;8-11,20-23,26-27H,12-19,24-25H2,1-7H3. The van der Waals surface area contributed by atoms with E-state index >= 15 is 0 Å². The van der Waals surface area contributed by atoms with E-state index in [0.717, 1.165) is 158 Å². The first kappa shape index (κ1) is 71.5. The van der Waals surface area contributed by atoms with Gasteiger partial charge in [-0.1, -0.05) is 115 Å². The number of carbonyl (C=O) groups excluding carboxylic acids is 2. The number of esters is 2. The predicted molar refractivity (Wildman–Crippen MR) is 389 cm³/mol. The molecule has 0 spiro atoms. The summed E-state index contributed by atoms with van der Waals surface area (Å²) in [6.07, 6.45) is 14.2. The largest absolute Gasteiger partial charge is 0.469 e. The van der Waals surface area contributed by atoms with Gasteiger partial charge < -0.3 is 38.2 Å². The quantitative estimate of drug-likeness (QED) is 0.0195. The van der Waals surface area contributed by atoms with E-state index in [-0.39, 0.29) is 35.6 Å². The number of hydrogen-bond donors (Lipinski definition) is 0. The van der Waals surface area contributed by atoms with Crippen LogP contribution in [-0.2, 0) is 38.0 Å². The van der Waals surface area contributed by atoms with E-state index in [0.29, 0.717) is 53.4 Å². The number of benzene rings is 2. The highest BCUT2D eigenvalue weighted by molar-refractivity contribution is 9.10. The van der Waals surface area contributed by atoms with Gasteiger partial charge in [0.2, 0.25) is 0 Å². The van der Waals surface area contributed by atoms with Gasteiger partial charge in [-0.05, 0) is 116 Å². The number of aromatic nitrogens is 8. The molecule has 0 bridgehead atoms. The van der Waals surface area contributed by atoms with Crippen LogP contribution in [0.5, 0.6) is 0 Å². The van der Waals surface area contributed by atoms with Gasteiger partial charge in [-0.25, -0.2) is 9.97 Å². The summed E-state index contributed by atoms with van der Waals surface area (Å²) in [6.45, 7) is 32.8. The number of ether oxygens (including phenoxy) is 6. The van der Waals surface area contributed by atoms with Gasteiger partial charge >= 0.3 is 11.9 Å². The Kier molecular flexibility index (Phi) is 24.5. The second-order valence-electron chi connectivity index (χ2n) is 30.2. The topological polar surface area (TPSA) is 182 Å². The van der Waals surface area contributed by atoms with E-state index in [9.17, 15) is 9.59 Å². The molecule has 10 rings (SSSR count). The van der Waals surface area contributed by atoms with Gasteiger partial charge in [-0.2, -0.15) is 19.2 Å². The fourth-order valence-electron chi connectivity index (χ4n) is 11.9. The lowest BCUT2D eigenvalue weighted by Gasteiger charge is -2.31. The summed E-state index contributed by atoms with van der Waals surface area (Å²) in [7, 11) is -2.06. The average Bonchev–Trinajstić information content (AvgIpc) is 1.68. The molecule has 2 aromatic carbocycles. The van der Waals surface area contributed by atoms with Crippen LogP contribution < -0.4 is 9.80 Å². The van der Waals surface area contributed by atoms with Crippen molar-refractivity contribution in [1.29, 1.82) is 0 Å². The molecule has 6 heterocycles. The Labute approximate surface area is 563 Å². The number of rotatable bonds is 28. The molecule has 93 heavy (non-hydrogen) atoms. The Bertz CT molecular complexity index is 3750. The highest BCUT2D eigenvalue weighted by Gasteiger charge is 2.34. The zero-order valence-corrected chi connectivity index (χ0v) is 63.3. The van der Waals surface area contributed by atoms with Gasteiger partial charge in [-0.3, -0.25) is 19.6 Å². The van der Waals surface area contributed by atoms with Gasteiger partial charge in [-0.15, -0.1) is 0 Å². The molecule has 18 nitrogen and oxygen atoms in total. The van der Waals surface area contributed by atoms with E-state index in [1.165, 1.54) is 14.2 Å². The lowest BCUT2D eigenvalue weighted by atomic mass is 9.80. The number of fused-ring (bicyclic) bond motifs is 4. The Morgan fingerprint density at radius 2 is 0.903 bits per heavy atom. The molecule has 0 saturated heterocycles. The van der Waals surface area contributed by atoms with Crippen molar-refractivity contribution in [2.75, 3.05) is 77.4 Å². The maximum absolute atomic E-state index is 12.3. The van der Waals surface area contributed by atoms with Gasteiger partial charge in [0, 0.05) is 128 Å². The van der Waals surface area contributed by atoms with Crippen LogP contribution in [0.4, 0.5) is 11.6 Å². The second-order valence-corrected chi connectivity index (χ2v) is 53.5. The molecule has 8 aromatic rings. The molecule has 2 fully saturated rings. The average molecular weight is 1400 g/mol. The van der Waals surface area contributed by atoms with Crippen LogP contribution in [0.2, 0.25) is 103 Å². The first-order chi connectivity index (χ1) is 44.3. The van der Waals surface area contributed by atoms with Crippen LogP contribution in [0.25, 0.3) is 55.4 Å². The van der Waals surface area contributed by atoms with Crippen molar-refractivity contribution in [2.45, 2.75) is 166 Å². The monoisotopic (exact) mass is 1400 g/mol. The Morgan fingerprint density at radius 1 is 0.505 bits per heavy atom. The van der Waals surface area contributed by atoms with Gasteiger partial charge in [0.1, 0.15) is 32.7 Å². The van der Waals surface area contributed by atoms with Crippen LogP contribution in [0, 0.1) is 11.8 Å². The van der Waals surface area contributed by atoms with Crippen LogP contribution in [0.1, 0.15) is 74.6 Å². The predicted octanol–water partition coefficient (Wildman–Crippen LogP) is 16.4. The molecule has 23 heteroatoms. The lowest BCUT2D eigenvalue weighted by molar-refractivity contribution is -0.147. The zero-order chi connectivity index (χ0) is 66.7. The van der Waals surface area contributed by atoms with Crippen molar-refractivity contribution < 1.29 is 38.0 Å². The SMILES string of the molecule is COC(=O)C1CCC(c2cc(N(COCC[Si](C)(C)C)COCC[Si](C)(C)C)n3ncc(-c4cnc5ccccc5c4)c3n2)CC1.COC(=O)C1CCC(c2nc3c(-c4cnc5ccccc5c4)cnn3c(N(COCC[Si](C)(C)C)COCC[Si](C)(C)C)c2Br)CC1. The number of hydrogen-bond acceptors (Lipinski definition) is 16. The molecule has 2 aliphatic carbocycles. The van der Waals surface area contributed by atoms with Crippen LogP contribution >= 0.6 is 15.9 Å². The summed E-state index contributed by atoms with van der Waals surface area (Å²) in [5.41, 5.74) is 9.22. The second kappa shape index (κ2) is 31.9. The number of carbonyl (C=O) groups is 2. The summed E-state index contributed by atoms with van der Waals surface area (Å²) in [6, 6.07) is 27.1. The normalized spacial score (nSPS) is 17.4. The Balaban J connectivity index is 0.000000219. The smallest absolute Gasteiger partial charge is 0.308 e. The molecule has 0 amide bonds. The molecule has 6 aromatic heterocycles. The summed E-state index contributed by atoms with van der Waals surface area (Å²) in [5.74, 6) is 1.82. The summed E-state index contributed by atoms with van der Waals surface area (Å²) in [5, 5.41) is 12.0. The molecular weight excluding hydrogens is 1300 g/mol. The van der Waals surface area contributed by atoms with E-state index < -0.39 is 32.3 Å². The first-order valence-corrected chi connectivity index (χ1v) is 49.0. The van der Waals surface area contributed by atoms with Crippen molar-refractivity contribution in [3.63, 3.8) is 0 Å². The van der Waals surface area contributed by atoms with Crippen molar-refractivity contribution in [3.8, 4) is 22.3 Å². The van der Waals surface area contributed by atoms with Crippen LogP contribution in [0.15, 0.2) is 96.0 Å². The number of nitrogens with zero attached hydrogens (tertiary/aromatic N) is 10. The third kappa shape index (κ3) is 19.7. The maximum Gasteiger partial charge on any atom is 0.308 e. The minimum absolute atomic E-state index is 0.0466. The minimum atomic E-state index is -1.26. The molecule has 502 valence electrons. The van der Waals surface area contributed by atoms with Gasteiger partial charge in [0.25, 0.3) is 0 Å². The first-order valence-electron chi connectivity index (χ1n) is 33.4. The lowest BCUT2D eigenvalue weighted by Crippen LogP contribution is -2.34. The van der Waals surface area contributed by atoms with Crippen molar-refractivity contribution in [1.82, 2.24) is 39.2 Å². The number of halogens is 1. The highest BCUT2D eigenvalue weighted by Crippen LogP contribution is 2.44. The number of methoxy groups -OCH3 is 2. The van der Waals surface area contributed by atoms with Crippen molar-refractivity contribution >= 4 is 105 Å². The summed E-state index contributed by atoms with van der Waals surface area (Å²) >= 11 is 4.01. The third-order valence-corrected chi connectivity index (χ3v) is 25.4. The Hall–Kier alpha value is -5.77. The maximum atomic E-state index is 12.3. The van der Waals surface area contributed by atoms with E-state index in [2.05, 4.69) is 135 Å².